The Morgan fingerprint density at radius 3 is 2.50 bits per heavy atom. The zero-order valence-corrected chi connectivity index (χ0v) is 10.6. The van der Waals surface area contributed by atoms with Crippen LogP contribution in [0, 0.1) is 6.92 Å². The second kappa shape index (κ2) is 5.64. The number of aromatic nitrogens is 1. The van der Waals surface area contributed by atoms with Gasteiger partial charge in [-0.3, -0.25) is 4.79 Å². The molecule has 0 aliphatic rings. The molecule has 0 N–H and O–H groups in total. The van der Waals surface area contributed by atoms with Crippen molar-refractivity contribution in [1.29, 1.82) is 0 Å². The van der Waals surface area contributed by atoms with Crippen molar-refractivity contribution < 1.29 is 4.79 Å². The lowest BCUT2D eigenvalue weighted by atomic mass is 10.2. The maximum Gasteiger partial charge on any atom is 0.178 e. The summed E-state index contributed by atoms with van der Waals surface area (Å²) in [5.41, 5.74) is 2.62. The van der Waals surface area contributed by atoms with Gasteiger partial charge in [0.25, 0.3) is 0 Å². The molecule has 0 radical (unpaired) electrons. The lowest BCUT2D eigenvalue weighted by Gasteiger charge is -2.23. The van der Waals surface area contributed by atoms with Crippen LogP contribution in [0.15, 0.2) is 12.1 Å². The number of Topliss-reactive ketones (excluding diaryl/α,β-unsaturated/α-hetero) is 1. The Bertz CT molecular complexity index is 374. The molecule has 16 heavy (non-hydrogen) atoms. The number of carbonyl (C=O) groups is 1. The van der Waals surface area contributed by atoms with Crippen LogP contribution in [0.4, 0.5) is 5.69 Å². The van der Waals surface area contributed by atoms with E-state index in [1.54, 1.807) is 6.92 Å². The molecule has 1 rings (SSSR count). The van der Waals surface area contributed by atoms with Gasteiger partial charge in [0, 0.05) is 20.0 Å². The highest BCUT2D eigenvalue weighted by molar-refractivity contribution is 5.92. The van der Waals surface area contributed by atoms with Crippen LogP contribution in [0.1, 0.15) is 43.4 Å². The van der Waals surface area contributed by atoms with Gasteiger partial charge in [-0.1, -0.05) is 6.92 Å². The molecule has 0 aliphatic carbocycles. The van der Waals surface area contributed by atoms with E-state index in [9.17, 15) is 4.79 Å². The SMILES string of the molecule is CCCN(CC)c1ccc(C(C)=O)nc1C. The summed E-state index contributed by atoms with van der Waals surface area (Å²) in [7, 11) is 0. The molecule has 0 atom stereocenters. The van der Waals surface area contributed by atoms with Gasteiger partial charge in [0.15, 0.2) is 5.78 Å². The third-order valence-electron chi connectivity index (χ3n) is 2.63. The maximum atomic E-state index is 11.2. The number of hydrogen-bond donors (Lipinski definition) is 0. The Labute approximate surface area is 97.5 Å². The molecule has 1 aromatic heterocycles. The van der Waals surface area contributed by atoms with E-state index >= 15 is 0 Å². The molecule has 0 aromatic carbocycles. The van der Waals surface area contributed by atoms with Gasteiger partial charge >= 0.3 is 0 Å². The van der Waals surface area contributed by atoms with Gasteiger partial charge in [-0.25, -0.2) is 4.98 Å². The molecule has 88 valence electrons. The summed E-state index contributed by atoms with van der Waals surface area (Å²) in [4.78, 5) is 17.8. The van der Waals surface area contributed by atoms with Gasteiger partial charge in [-0.2, -0.15) is 0 Å². The molecule has 1 aromatic rings. The van der Waals surface area contributed by atoms with Crippen molar-refractivity contribution in [2.24, 2.45) is 0 Å². The fourth-order valence-electron chi connectivity index (χ4n) is 1.80. The van der Waals surface area contributed by atoms with E-state index in [4.69, 9.17) is 0 Å². The number of nitrogens with zero attached hydrogens (tertiary/aromatic N) is 2. The molecule has 1 heterocycles. The number of hydrogen-bond acceptors (Lipinski definition) is 3. The van der Waals surface area contributed by atoms with E-state index in [1.807, 2.05) is 19.1 Å². The minimum atomic E-state index is 0.0215. The third-order valence-corrected chi connectivity index (χ3v) is 2.63. The van der Waals surface area contributed by atoms with Crippen molar-refractivity contribution in [1.82, 2.24) is 4.98 Å². The summed E-state index contributed by atoms with van der Waals surface area (Å²) in [6, 6.07) is 3.81. The average Bonchev–Trinajstić information content (AvgIpc) is 2.26. The number of anilines is 1. The highest BCUT2D eigenvalue weighted by Crippen LogP contribution is 2.18. The Morgan fingerprint density at radius 2 is 2.06 bits per heavy atom. The van der Waals surface area contributed by atoms with E-state index in [-0.39, 0.29) is 5.78 Å². The monoisotopic (exact) mass is 220 g/mol. The van der Waals surface area contributed by atoms with Crippen molar-refractivity contribution in [2.75, 3.05) is 18.0 Å². The quantitative estimate of drug-likeness (QED) is 0.715. The molecule has 0 saturated heterocycles. The molecule has 3 nitrogen and oxygen atoms in total. The molecule has 0 aliphatic heterocycles. The summed E-state index contributed by atoms with van der Waals surface area (Å²) >= 11 is 0. The van der Waals surface area contributed by atoms with Crippen LogP contribution in [-0.2, 0) is 0 Å². The minimum Gasteiger partial charge on any atom is -0.370 e. The van der Waals surface area contributed by atoms with Gasteiger partial charge < -0.3 is 4.90 Å². The highest BCUT2D eigenvalue weighted by Gasteiger charge is 2.09. The fourth-order valence-corrected chi connectivity index (χ4v) is 1.80. The van der Waals surface area contributed by atoms with E-state index in [0.717, 1.165) is 30.9 Å². The molecule has 0 unspecified atom stereocenters. The molecule has 0 spiro atoms. The highest BCUT2D eigenvalue weighted by atomic mass is 16.1. The van der Waals surface area contributed by atoms with Crippen LogP contribution in [0.3, 0.4) is 0 Å². The molecule has 0 amide bonds. The maximum absolute atomic E-state index is 11.2. The van der Waals surface area contributed by atoms with Crippen LogP contribution >= 0.6 is 0 Å². The number of rotatable bonds is 5. The Morgan fingerprint density at radius 1 is 1.38 bits per heavy atom. The van der Waals surface area contributed by atoms with Crippen LogP contribution in [0.5, 0.6) is 0 Å². The van der Waals surface area contributed by atoms with Crippen molar-refractivity contribution >= 4 is 11.5 Å². The first kappa shape index (κ1) is 12.7. The summed E-state index contributed by atoms with van der Waals surface area (Å²) in [6.45, 7) is 9.79. The average molecular weight is 220 g/mol. The van der Waals surface area contributed by atoms with Gasteiger partial charge in [0.1, 0.15) is 5.69 Å². The first-order chi connectivity index (χ1) is 7.60. The lowest BCUT2D eigenvalue weighted by Crippen LogP contribution is -2.24. The first-order valence-corrected chi connectivity index (χ1v) is 5.83. The second-order valence-corrected chi connectivity index (χ2v) is 3.94. The van der Waals surface area contributed by atoms with Crippen molar-refractivity contribution in [3.05, 3.63) is 23.5 Å². The fraction of sp³-hybridized carbons (Fsp3) is 0.538. The van der Waals surface area contributed by atoms with E-state index in [2.05, 4.69) is 23.7 Å². The number of aryl methyl sites for hydroxylation is 1. The summed E-state index contributed by atoms with van der Waals surface area (Å²) in [6.07, 6.45) is 1.11. The number of ketones is 1. The van der Waals surface area contributed by atoms with E-state index in [0.29, 0.717) is 5.69 Å². The van der Waals surface area contributed by atoms with Crippen molar-refractivity contribution in [3.8, 4) is 0 Å². The van der Waals surface area contributed by atoms with Gasteiger partial charge in [0.2, 0.25) is 0 Å². The minimum absolute atomic E-state index is 0.0215. The summed E-state index contributed by atoms with van der Waals surface area (Å²) < 4.78 is 0. The van der Waals surface area contributed by atoms with E-state index in [1.165, 1.54) is 0 Å². The van der Waals surface area contributed by atoms with Crippen LogP contribution in [0.25, 0.3) is 0 Å². The Balaban J connectivity index is 3.01. The molecular weight excluding hydrogens is 200 g/mol. The normalized spacial score (nSPS) is 10.2. The van der Waals surface area contributed by atoms with Crippen molar-refractivity contribution in [3.63, 3.8) is 0 Å². The molecular formula is C13H20N2O. The largest absolute Gasteiger partial charge is 0.370 e. The molecule has 0 fully saturated rings. The summed E-state index contributed by atoms with van der Waals surface area (Å²) in [5.74, 6) is 0.0215. The van der Waals surface area contributed by atoms with Crippen LogP contribution < -0.4 is 4.90 Å². The smallest absolute Gasteiger partial charge is 0.178 e. The predicted octanol–water partition coefficient (Wildman–Crippen LogP) is 2.83. The molecule has 0 saturated carbocycles. The van der Waals surface area contributed by atoms with Crippen LogP contribution in [0.2, 0.25) is 0 Å². The number of carbonyl (C=O) groups excluding carboxylic acids is 1. The molecule has 3 heteroatoms. The zero-order valence-electron chi connectivity index (χ0n) is 10.6. The third kappa shape index (κ3) is 2.81. The molecule has 0 bridgehead atoms. The van der Waals surface area contributed by atoms with Crippen LogP contribution in [-0.4, -0.2) is 23.9 Å². The van der Waals surface area contributed by atoms with E-state index < -0.39 is 0 Å². The first-order valence-electron chi connectivity index (χ1n) is 5.83. The zero-order chi connectivity index (χ0) is 12.1. The summed E-state index contributed by atoms with van der Waals surface area (Å²) in [5, 5.41) is 0. The lowest BCUT2D eigenvalue weighted by molar-refractivity contribution is 0.101. The Kier molecular flexibility index (Phi) is 4.47. The topological polar surface area (TPSA) is 33.2 Å². The van der Waals surface area contributed by atoms with Crippen molar-refractivity contribution in [2.45, 2.75) is 34.1 Å². The number of pyridine rings is 1. The van der Waals surface area contributed by atoms with Gasteiger partial charge in [0.05, 0.1) is 11.4 Å². The standard InChI is InChI=1S/C13H20N2O/c1-5-9-15(6-2)13-8-7-12(11(4)16)14-10(13)3/h7-8H,5-6,9H2,1-4H3. The predicted molar refractivity (Wildman–Crippen MR) is 67.2 cm³/mol. The van der Waals surface area contributed by atoms with Gasteiger partial charge in [-0.05, 0) is 32.4 Å². The van der Waals surface area contributed by atoms with Gasteiger partial charge in [-0.15, -0.1) is 0 Å². The second-order valence-electron chi connectivity index (χ2n) is 3.94. The Hall–Kier alpha value is -1.38.